The van der Waals surface area contributed by atoms with E-state index in [1.807, 2.05) is 20.8 Å². The van der Waals surface area contributed by atoms with Crippen LogP contribution >= 0.6 is 12.4 Å². The molecule has 24 heavy (non-hydrogen) atoms. The zero-order valence-electron chi connectivity index (χ0n) is 13.8. The van der Waals surface area contributed by atoms with E-state index in [1.54, 1.807) is 6.07 Å². The van der Waals surface area contributed by atoms with E-state index in [2.05, 4.69) is 10.1 Å². The Morgan fingerprint density at radius 1 is 1.46 bits per heavy atom. The van der Waals surface area contributed by atoms with Gasteiger partial charge in [0.15, 0.2) is 0 Å². The molecular formula is C16H23ClF2N2O3. The van der Waals surface area contributed by atoms with Crippen molar-refractivity contribution >= 4 is 24.0 Å². The predicted octanol–water partition coefficient (Wildman–Crippen LogP) is 3.18. The highest BCUT2D eigenvalue weighted by Gasteiger charge is 2.62. The molecule has 0 aromatic heterocycles. The van der Waals surface area contributed by atoms with Gasteiger partial charge < -0.3 is 20.5 Å². The van der Waals surface area contributed by atoms with Crippen molar-refractivity contribution in [3.63, 3.8) is 0 Å². The molecule has 0 radical (unpaired) electrons. The van der Waals surface area contributed by atoms with E-state index in [0.717, 1.165) is 0 Å². The fourth-order valence-corrected chi connectivity index (χ4v) is 2.81. The van der Waals surface area contributed by atoms with Gasteiger partial charge in [-0.25, -0.2) is 0 Å². The summed E-state index contributed by atoms with van der Waals surface area (Å²) < 4.78 is 34.4. The summed E-state index contributed by atoms with van der Waals surface area (Å²) in [5.74, 6) is -0.392. The van der Waals surface area contributed by atoms with Gasteiger partial charge in [-0.05, 0) is 19.1 Å². The number of alkyl halides is 2. The van der Waals surface area contributed by atoms with Crippen LogP contribution in [0.25, 0.3) is 0 Å². The number of nitrogens with two attached hydrogens (primary N) is 1. The summed E-state index contributed by atoms with van der Waals surface area (Å²) >= 11 is 0. The van der Waals surface area contributed by atoms with Crippen LogP contribution in [0.15, 0.2) is 24.3 Å². The van der Waals surface area contributed by atoms with Crippen molar-refractivity contribution in [2.24, 2.45) is 11.1 Å². The summed E-state index contributed by atoms with van der Waals surface area (Å²) in [4.78, 5) is 12.5. The van der Waals surface area contributed by atoms with Crippen molar-refractivity contribution in [1.29, 1.82) is 0 Å². The molecule has 2 atom stereocenters. The topological polar surface area (TPSA) is 73.6 Å². The van der Waals surface area contributed by atoms with Gasteiger partial charge in [-0.2, -0.15) is 8.78 Å². The lowest BCUT2D eigenvalue weighted by Crippen LogP contribution is -2.74. The third kappa shape index (κ3) is 3.79. The summed E-state index contributed by atoms with van der Waals surface area (Å²) in [6.45, 7) is 3.29. The second kappa shape index (κ2) is 7.63. The first kappa shape index (κ1) is 20.6. The molecule has 136 valence electrons. The molecule has 1 amide bonds. The molecule has 1 fully saturated rings. The van der Waals surface area contributed by atoms with Gasteiger partial charge in [-0.1, -0.05) is 19.9 Å². The number of anilines is 1. The molecule has 5 nitrogen and oxygen atoms in total. The van der Waals surface area contributed by atoms with Crippen LogP contribution in [0.2, 0.25) is 0 Å². The molecule has 3 N–H and O–H groups in total. The molecule has 1 aliphatic carbocycles. The van der Waals surface area contributed by atoms with Gasteiger partial charge in [-0.3, -0.25) is 4.79 Å². The van der Waals surface area contributed by atoms with Gasteiger partial charge in [-0.15, -0.1) is 12.4 Å². The standard InChI is InChI=1S/C16H22F2N2O3.ClH/c1-4-22-12-9-16(19,15(12,2)3)13(21)20-10-6-5-7-11(8-10)23-14(17)18;/h5-8,12,14H,4,9,19H2,1-3H3,(H,20,21);1H. The Labute approximate surface area is 146 Å². The monoisotopic (exact) mass is 364 g/mol. The van der Waals surface area contributed by atoms with Crippen molar-refractivity contribution in [2.75, 3.05) is 11.9 Å². The molecule has 0 aliphatic heterocycles. The van der Waals surface area contributed by atoms with Crippen LogP contribution < -0.4 is 15.8 Å². The Kier molecular flexibility index (Phi) is 6.55. The Morgan fingerprint density at radius 2 is 2.12 bits per heavy atom. The van der Waals surface area contributed by atoms with Gasteiger partial charge in [0.1, 0.15) is 11.3 Å². The van der Waals surface area contributed by atoms with E-state index in [4.69, 9.17) is 10.5 Å². The summed E-state index contributed by atoms with van der Waals surface area (Å²) in [5, 5.41) is 2.67. The molecule has 1 saturated carbocycles. The largest absolute Gasteiger partial charge is 0.435 e. The summed E-state index contributed by atoms with van der Waals surface area (Å²) in [7, 11) is 0. The smallest absolute Gasteiger partial charge is 0.387 e. The third-order valence-corrected chi connectivity index (χ3v) is 4.55. The van der Waals surface area contributed by atoms with Gasteiger partial charge in [0, 0.05) is 30.2 Å². The zero-order valence-corrected chi connectivity index (χ0v) is 14.7. The minimum Gasteiger partial charge on any atom is -0.435 e. The van der Waals surface area contributed by atoms with Crippen molar-refractivity contribution in [3.05, 3.63) is 24.3 Å². The lowest BCUT2D eigenvalue weighted by atomic mass is 9.54. The van der Waals surface area contributed by atoms with E-state index in [-0.39, 0.29) is 30.2 Å². The molecule has 0 spiro atoms. The molecule has 0 saturated heterocycles. The van der Waals surface area contributed by atoms with Crippen molar-refractivity contribution in [1.82, 2.24) is 0 Å². The number of halogens is 3. The highest BCUT2D eigenvalue weighted by molar-refractivity contribution is 5.99. The number of rotatable bonds is 6. The minimum absolute atomic E-state index is 0. The second-order valence-corrected chi connectivity index (χ2v) is 6.20. The van der Waals surface area contributed by atoms with Crippen LogP contribution in [0.3, 0.4) is 0 Å². The average Bonchev–Trinajstić information content (AvgIpc) is 2.46. The lowest BCUT2D eigenvalue weighted by molar-refractivity contribution is -0.166. The maximum atomic E-state index is 12.5. The number of carbonyl (C=O) groups excluding carboxylic acids is 1. The van der Waals surface area contributed by atoms with E-state index >= 15 is 0 Å². The quantitative estimate of drug-likeness (QED) is 0.813. The van der Waals surface area contributed by atoms with Crippen molar-refractivity contribution in [3.8, 4) is 5.75 Å². The van der Waals surface area contributed by atoms with Crippen molar-refractivity contribution in [2.45, 2.75) is 45.4 Å². The average molecular weight is 365 g/mol. The van der Waals surface area contributed by atoms with E-state index in [1.165, 1.54) is 18.2 Å². The van der Waals surface area contributed by atoms with Gasteiger partial charge in [0.05, 0.1) is 6.10 Å². The number of ether oxygens (including phenoxy) is 2. The highest BCUT2D eigenvalue weighted by Crippen LogP contribution is 2.50. The second-order valence-electron chi connectivity index (χ2n) is 6.20. The first-order valence-electron chi connectivity index (χ1n) is 7.47. The predicted molar refractivity (Wildman–Crippen MR) is 89.7 cm³/mol. The number of carbonyl (C=O) groups is 1. The Bertz CT molecular complexity index is 586. The maximum Gasteiger partial charge on any atom is 0.387 e. The Morgan fingerprint density at radius 3 is 2.67 bits per heavy atom. The van der Waals surface area contributed by atoms with Crippen LogP contribution in [0, 0.1) is 5.41 Å². The van der Waals surface area contributed by atoms with Crippen LogP contribution in [0.5, 0.6) is 5.75 Å². The Balaban J connectivity index is 0.00000288. The molecule has 1 aromatic carbocycles. The maximum absolute atomic E-state index is 12.5. The van der Waals surface area contributed by atoms with Gasteiger partial charge >= 0.3 is 6.61 Å². The van der Waals surface area contributed by atoms with E-state index < -0.39 is 17.6 Å². The van der Waals surface area contributed by atoms with E-state index in [0.29, 0.717) is 18.7 Å². The van der Waals surface area contributed by atoms with Crippen LogP contribution in [0.1, 0.15) is 27.2 Å². The number of benzene rings is 1. The zero-order chi connectivity index (χ0) is 17.3. The summed E-state index contributed by atoms with van der Waals surface area (Å²) in [6.07, 6.45) is 0.323. The fraction of sp³-hybridized carbons (Fsp3) is 0.562. The first-order chi connectivity index (χ1) is 10.7. The number of amides is 1. The van der Waals surface area contributed by atoms with Gasteiger partial charge in [0.2, 0.25) is 5.91 Å². The van der Waals surface area contributed by atoms with Crippen LogP contribution in [0.4, 0.5) is 14.5 Å². The third-order valence-electron chi connectivity index (χ3n) is 4.55. The van der Waals surface area contributed by atoms with E-state index in [9.17, 15) is 13.6 Å². The lowest BCUT2D eigenvalue weighted by Gasteiger charge is -2.57. The summed E-state index contributed by atoms with van der Waals surface area (Å²) in [6, 6.07) is 5.83. The molecule has 1 aromatic rings. The molecule has 2 unspecified atom stereocenters. The molecule has 0 heterocycles. The van der Waals surface area contributed by atoms with Crippen molar-refractivity contribution < 1.29 is 23.0 Å². The molecule has 2 rings (SSSR count). The molecule has 0 bridgehead atoms. The van der Waals surface area contributed by atoms with Crippen LogP contribution in [-0.4, -0.2) is 30.8 Å². The molecule has 1 aliphatic rings. The SMILES string of the molecule is CCOC1CC(N)(C(=O)Nc2cccc(OC(F)F)c2)C1(C)C.Cl. The number of hydrogen-bond donors (Lipinski definition) is 2. The Hall–Kier alpha value is -1.44. The highest BCUT2D eigenvalue weighted by atomic mass is 35.5. The molecule has 8 heteroatoms. The normalized spacial score (nSPS) is 24.7. The minimum atomic E-state index is -2.92. The molecular weight excluding hydrogens is 342 g/mol. The van der Waals surface area contributed by atoms with Gasteiger partial charge in [0.25, 0.3) is 0 Å². The van der Waals surface area contributed by atoms with Crippen LogP contribution in [-0.2, 0) is 9.53 Å². The number of nitrogens with one attached hydrogen (secondary N) is 1. The fourth-order valence-electron chi connectivity index (χ4n) is 2.81. The number of hydrogen-bond acceptors (Lipinski definition) is 4. The summed E-state index contributed by atoms with van der Waals surface area (Å²) in [5.41, 5.74) is 5.02. The first-order valence-corrected chi connectivity index (χ1v) is 7.47.